The molecule has 1 aliphatic heterocycles. The van der Waals surface area contributed by atoms with E-state index in [4.69, 9.17) is 14.6 Å². The third-order valence-electron chi connectivity index (χ3n) is 1.80. The van der Waals surface area contributed by atoms with Gasteiger partial charge in [-0.25, -0.2) is 0 Å². The Hall–Kier alpha value is -1.09. The molecular weight excluding hydrogens is 222 g/mol. The number of morpholine rings is 1. The third kappa shape index (κ3) is 12.8. The van der Waals surface area contributed by atoms with Crippen LogP contribution in [0.1, 0.15) is 20.8 Å². The lowest BCUT2D eigenvalue weighted by Gasteiger charge is -2.24. The van der Waals surface area contributed by atoms with E-state index >= 15 is 0 Å². The van der Waals surface area contributed by atoms with Gasteiger partial charge in [-0.15, -0.1) is 0 Å². The van der Waals surface area contributed by atoms with Gasteiger partial charge in [-0.1, -0.05) is 11.8 Å². The van der Waals surface area contributed by atoms with Crippen LogP contribution in [0.15, 0.2) is 0 Å². The van der Waals surface area contributed by atoms with E-state index in [1.165, 1.54) is 0 Å². The molecule has 0 aromatic heterocycles. The molecule has 1 aliphatic rings. The highest BCUT2D eigenvalue weighted by Crippen LogP contribution is 1.98. The average molecular weight is 243 g/mol. The molecule has 0 saturated carbocycles. The van der Waals surface area contributed by atoms with Crippen LogP contribution in [0.4, 0.5) is 0 Å². The standard InChI is InChI=1S/C10H17NO2.C2H4O2/c1-10(2,12)4-3-5-11-6-8-13-9-7-11;1-2(3)4/h12H,5-9H2,1-2H3;1H3,(H,3,4). The van der Waals surface area contributed by atoms with Gasteiger partial charge in [-0.2, -0.15) is 0 Å². The van der Waals surface area contributed by atoms with Gasteiger partial charge in [0.2, 0.25) is 0 Å². The van der Waals surface area contributed by atoms with E-state index in [0.717, 1.165) is 39.8 Å². The Morgan fingerprint density at radius 1 is 1.41 bits per heavy atom. The highest BCUT2D eigenvalue weighted by molar-refractivity contribution is 5.62. The number of rotatable bonds is 1. The van der Waals surface area contributed by atoms with Crippen molar-refractivity contribution < 1.29 is 19.7 Å². The highest BCUT2D eigenvalue weighted by Gasteiger charge is 2.09. The summed E-state index contributed by atoms with van der Waals surface area (Å²) in [5.74, 6) is 4.92. The first-order chi connectivity index (χ1) is 7.81. The summed E-state index contributed by atoms with van der Waals surface area (Å²) in [7, 11) is 0. The van der Waals surface area contributed by atoms with Crippen molar-refractivity contribution in [2.24, 2.45) is 0 Å². The van der Waals surface area contributed by atoms with Crippen LogP contribution in [0.25, 0.3) is 0 Å². The van der Waals surface area contributed by atoms with Gasteiger partial charge in [-0.05, 0) is 13.8 Å². The molecule has 0 unspecified atom stereocenters. The number of aliphatic carboxylic acids is 1. The molecule has 0 aromatic rings. The molecule has 0 aliphatic carbocycles. The number of ether oxygens (including phenoxy) is 1. The van der Waals surface area contributed by atoms with Crippen molar-refractivity contribution in [1.82, 2.24) is 4.90 Å². The molecule has 1 fully saturated rings. The molecule has 1 saturated heterocycles. The molecule has 0 amide bonds. The number of carboxylic acid groups (broad SMARTS) is 1. The molecule has 98 valence electrons. The predicted molar refractivity (Wildman–Crippen MR) is 64.6 cm³/mol. The van der Waals surface area contributed by atoms with Crippen LogP contribution in [0.3, 0.4) is 0 Å². The first-order valence-electron chi connectivity index (χ1n) is 5.53. The van der Waals surface area contributed by atoms with Crippen LogP contribution in [0.5, 0.6) is 0 Å². The largest absolute Gasteiger partial charge is 0.481 e. The maximum absolute atomic E-state index is 9.33. The van der Waals surface area contributed by atoms with E-state index in [-0.39, 0.29) is 0 Å². The molecule has 0 atom stereocenters. The average Bonchev–Trinajstić information content (AvgIpc) is 2.16. The van der Waals surface area contributed by atoms with Crippen molar-refractivity contribution in [2.45, 2.75) is 26.4 Å². The number of nitrogens with zero attached hydrogens (tertiary/aromatic N) is 1. The SMILES string of the molecule is CC(=O)O.CC(C)(O)C#CCN1CCOCC1. The fourth-order valence-corrected chi connectivity index (χ4v) is 1.13. The van der Waals surface area contributed by atoms with Crippen LogP contribution in [-0.2, 0) is 9.53 Å². The minimum absolute atomic E-state index is 0.730. The Labute approximate surface area is 102 Å². The van der Waals surface area contributed by atoms with E-state index in [1.807, 2.05) is 0 Å². The molecule has 17 heavy (non-hydrogen) atoms. The molecule has 0 aromatic carbocycles. The maximum atomic E-state index is 9.33. The zero-order valence-corrected chi connectivity index (χ0v) is 10.7. The Morgan fingerprint density at radius 3 is 2.29 bits per heavy atom. The lowest BCUT2D eigenvalue weighted by molar-refractivity contribution is -0.134. The molecule has 1 heterocycles. The molecule has 1 rings (SSSR count). The van der Waals surface area contributed by atoms with Crippen molar-refractivity contribution >= 4 is 5.97 Å². The molecule has 0 spiro atoms. The maximum Gasteiger partial charge on any atom is 0.300 e. The van der Waals surface area contributed by atoms with Crippen LogP contribution < -0.4 is 0 Å². The van der Waals surface area contributed by atoms with Crippen LogP contribution in [0, 0.1) is 11.8 Å². The Morgan fingerprint density at radius 2 is 1.88 bits per heavy atom. The van der Waals surface area contributed by atoms with Gasteiger partial charge in [0.1, 0.15) is 5.60 Å². The predicted octanol–water partition coefficient (Wildman–Crippen LogP) is 0.184. The zero-order valence-electron chi connectivity index (χ0n) is 10.7. The summed E-state index contributed by atoms with van der Waals surface area (Å²) in [5.41, 5.74) is -0.869. The first-order valence-corrected chi connectivity index (χ1v) is 5.53. The number of carboxylic acids is 1. The lowest BCUT2D eigenvalue weighted by atomic mass is 10.1. The monoisotopic (exact) mass is 243 g/mol. The van der Waals surface area contributed by atoms with Gasteiger partial charge in [0.05, 0.1) is 19.8 Å². The van der Waals surface area contributed by atoms with Crippen LogP contribution in [0.2, 0.25) is 0 Å². The van der Waals surface area contributed by atoms with Crippen molar-refractivity contribution in [3.63, 3.8) is 0 Å². The minimum atomic E-state index is -0.869. The molecular formula is C12H21NO4. The fraction of sp³-hybridized carbons (Fsp3) is 0.750. The van der Waals surface area contributed by atoms with Crippen molar-refractivity contribution in [3.05, 3.63) is 0 Å². The number of hydrogen-bond acceptors (Lipinski definition) is 4. The minimum Gasteiger partial charge on any atom is -0.481 e. The normalized spacial score (nSPS) is 16.2. The summed E-state index contributed by atoms with van der Waals surface area (Å²) in [4.78, 5) is 11.2. The summed E-state index contributed by atoms with van der Waals surface area (Å²) < 4.78 is 5.21. The lowest BCUT2D eigenvalue weighted by Crippen LogP contribution is -2.36. The highest BCUT2D eigenvalue weighted by atomic mass is 16.5. The number of aliphatic hydroxyl groups is 1. The molecule has 0 radical (unpaired) electrons. The Kier molecular flexibility index (Phi) is 7.55. The van der Waals surface area contributed by atoms with Crippen molar-refractivity contribution in [2.75, 3.05) is 32.8 Å². The Balaban J connectivity index is 0.000000557. The smallest absolute Gasteiger partial charge is 0.300 e. The van der Waals surface area contributed by atoms with Gasteiger partial charge >= 0.3 is 0 Å². The van der Waals surface area contributed by atoms with E-state index in [0.29, 0.717) is 0 Å². The fourth-order valence-electron chi connectivity index (χ4n) is 1.13. The van der Waals surface area contributed by atoms with E-state index in [9.17, 15) is 5.11 Å². The summed E-state index contributed by atoms with van der Waals surface area (Å²) in [6.45, 7) is 8.68. The third-order valence-corrected chi connectivity index (χ3v) is 1.80. The molecule has 0 bridgehead atoms. The van der Waals surface area contributed by atoms with Gasteiger partial charge in [0, 0.05) is 20.0 Å². The molecule has 5 heteroatoms. The van der Waals surface area contributed by atoms with Gasteiger partial charge in [0.25, 0.3) is 5.97 Å². The summed E-state index contributed by atoms with van der Waals surface area (Å²) in [5, 5.41) is 16.7. The first kappa shape index (κ1) is 15.9. The van der Waals surface area contributed by atoms with Gasteiger partial charge in [0.15, 0.2) is 0 Å². The van der Waals surface area contributed by atoms with Crippen LogP contribution >= 0.6 is 0 Å². The molecule has 5 nitrogen and oxygen atoms in total. The number of carbonyl (C=O) groups is 1. The summed E-state index contributed by atoms with van der Waals surface area (Å²) in [6, 6.07) is 0. The second-order valence-corrected chi connectivity index (χ2v) is 4.27. The van der Waals surface area contributed by atoms with Gasteiger partial charge < -0.3 is 14.9 Å². The van der Waals surface area contributed by atoms with Crippen LogP contribution in [-0.4, -0.2) is 59.5 Å². The quantitative estimate of drug-likeness (QED) is 0.643. The van der Waals surface area contributed by atoms with E-state index in [2.05, 4.69) is 16.7 Å². The van der Waals surface area contributed by atoms with E-state index < -0.39 is 11.6 Å². The second-order valence-electron chi connectivity index (χ2n) is 4.27. The topological polar surface area (TPSA) is 70.0 Å². The zero-order chi connectivity index (χ0) is 13.3. The summed E-state index contributed by atoms with van der Waals surface area (Å²) in [6.07, 6.45) is 0. The second kappa shape index (κ2) is 8.07. The number of hydrogen-bond donors (Lipinski definition) is 2. The van der Waals surface area contributed by atoms with Crippen molar-refractivity contribution in [3.8, 4) is 11.8 Å². The van der Waals surface area contributed by atoms with E-state index in [1.54, 1.807) is 13.8 Å². The molecule has 2 N–H and O–H groups in total. The Bertz CT molecular complexity index is 275. The summed E-state index contributed by atoms with van der Waals surface area (Å²) >= 11 is 0. The van der Waals surface area contributed by atoms with Gasteiger partial charge in [-0.3, -0.25) is 9.69 Å². The van der Waals surface area contributed by atoms with Crippen molar-refractivity contribution in [1.29, 1.82) is 0 Å².